The monoisotopic (exact) mass is 454 g/mol. The fourth-order valence-corrected chi connectivity index (χ4v) is 4.18. The van der Waals surface area contributed by atoms with Crippen molar-refractivity contribution >= 4 is 17.7 Å². The van der Waals surface area contributed by atoms with Gasteiger partial charge < -0.3 is 15.3 Å². The Morgan fingerprint density at radius 2 is 1.33 bits per heavy atom. The first kappa shape index (κ1) is 24.5. The summed E-state index contributed by atoms with van der Waals surface area (Å²) < 4.78 is 0. The molecule has 8 heteroatoms. The minimum Gasteiger partial charge on any atom is -0.481 e. The zero-order valence-corrected chi connectivity index (χ0v) is 19.2. The second-order valence-electron chi connectivity index (χ2n) is 9.28. The van der Waals surface area contributed by atoms with E-state index in [2.05, 4.69) is 9.97 Å². The minimum absolute atomic E-state index is 0.0526. The lowest BCUT2D eigenvalue weighted by atomic mass is 9.86. The van der Waals surface area contributed by atoms with Crippen molar-refractivity contribution < 1.29 is 29.7 Å². The van der Waals surface area contributed by atoms with Crippen LogP contribution in [0, 0.1) is 11.8 Å². The third-order valence-corrected chi connectivity index (χ3v) is 6.21. The first-order valence-electron chi connectivity index (χ1n) is 11.1. The van der Waals surface area contributed by atoms with Crippen molar-refractivity contribution in [3.8, 4) is 0 Å². The number of aryl methyl sites for hydroxylation is 2. The van der Waals surface area contributed by atoms with Gasteiger partial charge in [0.15, 0.2) is 5.78 Å². The standard InChI is InChI=1S/C13H17NO3.C12H13NO3/c1-13(2,17)11-6-4-8-7-9(12(15)16)3-5-10(8)14-11;1-7(14)10-4-2-8-6-9(12(15)16)3-5-11(8)13-10/h4,6,9,17H,3,5,7H2,1-2H3,(H,15,16);2,4,9H,3,5-6H2,1H3,(H,15,16). The van der Waals surface area contributed by atoms with Gasteiger partial charge in [0, 0.05) is 18.3 Å². The molecule has 0 saturated heterocycles. The summed E-state index contributed by atoms with van der Waals surface area (Å²) in [6, 6.07) is 7.17. The highest BCUT2D eigenvalue weighted by atomic mass is 16.4. The van der Waals surface area contributed by atoms with E-state index in [1.807, 2.05) is 12.1 Å². The van der Waals surface area contributed by atoms with Crippen LogP contribution in [-0.4, -0.2) is 43.0 Å². The summed E-state index contributed by atoms with van der Waals surface area (Å²) in [5, 5.41) is 27.8. The van der Waals surface area contributed by atoms with Crippen LogP contribution in [0.15, 0.2) is 24.3 Å². The molecule has 0 saturated carbocycles. The van der Waals surface area contributed by atoms with Crippen LogP contribution in [0.2, 0.25) is 0 Å². The zero-order chi connectivity index (χ0) is 24.3. The number of aliphatic carboxylic acids is 2. The van der Waals surface area contributed by atoms with Gasteiger partial charge in [-0.1, -0.05) is 12.1 Å². The van der Waals surface area contributed by atoms with Crippen LogP contribution < -0.4 is 0 Å². The average Bonchev–Trinajstić information content (AvgIpc) is 2.77. The molecule has 0 aromatic carbocycles. The quantitative estimate of drug-likeness (QED) is 0.600. The Kier molecular flexibility index (Phi) is 7.27. The molecule has 0 aliphatic heterocycles. The average molecular weight is 455 g/mol. The first-order valence-corrected chi connectivity index (χ1v) is 11.1. The van der Waals surface area contributed by atoms with Crippen molar-refractivity contribution in [3.05, 3.63) is 58.2 Å². The number of hydrogen-bond donors (Lipinski definition) is 3. The van der Waals surface area contributed by atoms with Gasteiger partial charge in [0.2, 0.25) is 0 Å². The van der Waals surface area contributed by atoms with E-state index in [0.717, 1.165) is 22.5 Å². The van der Waals surface area contributed by atoms with Crippen LogP contribution in [0.1, 0.15) is 72.3 Å². The number of rotatable bonds is 4. The van der Waals surface area contributed by atoms with E-state index >= 15 is 0 Å². The third kappa shape index (κ3) is 6.01. The molecule has 176 valence electrons. The molecule has 2 heterocycles. The van der Waals surface area contributed by atoms with Gasteiger partial charge >= 0.3 is 11.9 Å². The molecule has 2 aliphatic carbocycles. The molecule has 0 radical (unpaired) electrons. The molecule has 4 rings (SSSR count). The summed E-state index contributed by atoms with van der Waals surface area (Å²) in [6.07, 6.45) is 3.63. The molecule has 3 N–H and O–H groups in total. The SMILES string of the molecule is CC(=O)c1ccc2c(n1)CCC(C(=O)O)C2.CC(C)(O)c1ccc2c(n1)CCC(C(=O)O)C2. The number of pyridine rings is 2. The fraction of sp³-hybridized carbons (Fsp3) is 0.480. The van der Waals surface area contributed by atoms with Crippen molar-refractivity contribution in [1.82, 2.24) is 9.97 Å². The molecule has 2 aliphatic rings. The number of carboxylic acids is 2. The molecule has 0 spiro atoms. The van der Waals surface area contributed by atoms with E-state index < -0.39 is 17.5 Å². The van der Waals surface area contributed by atoms with Crippen molar-refractivity contribution in [2.75, 3.05) is 0 Å². The zero-order valence-electron chi connectivity index (χ0n) is 19.2. The molecule has 33 heavy (non-hydrogen) atoms. The maximum atomic E-state index is 11.1. The lowest BCUT2D eigenvalue weighted by molar-refractivity contribution is -0.143. The first-order chi connectivity index (χ1) is 15.5. The van der Waals surface area contributed by atoms with E-state index in [-0.39, 0.29) is 17.6 Å². The molecule has 0 fully saturated rings. The lowest BCUT2D eigenvalue weighted by Gasteiger charge is -2.24. The second kappa shape index (κ2) is 9.79. The summed E-state index contributed by atoms with van der Waals surface area (Å²) in [5.41, 5.74) is 3.93. The topological polar surface area (TPSA) is 138 Å². The van der Waals surface area contributed by atoms with E-state index in [9.17, 15) is 19.5 Å². The van der Waals surface area contributed by atoms with Crippen LogP contribution in [0.25, 0.3) is 0 Å². The van der Waals surface area contributed by atoms with Crippen LogP contribution in [0.3, 0.4) is 0 Å². The highest BCUT2D eigenvalue weighted by Gasteiger charge is 2.27. The summed E-state index contributed by atoms with van der Waals surface area (Å²) >= 11 is 0. The Morgan fingerprint density at radius 1 is 0.848 bits per heavy atom. The van der Waals surface area contributed by atoms with Crippen molar-refractivity contribution in [3.63, 3.8) is 0 Å². The smallest absolute Gasteiger partial charge is 0.306 e. The number of ketones is 1. The Labute approximate surface area is 192 Å². The van der Waals surface area contributed by atoms with Gasteiger partial charge in [-0.05, 0) is 75.6 Å². The maximum Gasteiger partial charge on any atom is 0.306 e. The highest BCUT2D eigenvalue weighted by molar-refractivity contribution is 5.92. The number of fused-ring (bicyclic) bond motifs is 2. The van der Waals surface area contributed by atoms with Gasteiger partial charge in [-0.3, -0.25) is 19.4 Å². The van der Waals surface area contributed by atoms with Crippen LogP contribution in [-0.2, 0) is 40.9 Å². The molecule has 2 aromatic heterocycles. The number of carbonyl (C=O) groups excluding carboxylic acids is 1. The van der Waals surface area contributed by atoms with Crippen molar-refractivity contribution in [2.45, 2.75) is 64.9 Å². The van der Waals surface area contributed by atoms with E-state index in [0.29, 0.717) is 49.9 Å². The number of nitrogens with zero attached hydrogens (tertiary/aromatic N) is 2. The van der Waals surface area contributed by atoms with Crippen molar-refractivity contribution in [1.29, 1.82) is 0 Å². The number of carbonyl (C=O) groups is 3. The molecular weight excluding hydrogens is 424 g/mol. The number of carboxylic acid groups (broad SMARTS) is 2. The van der Waals surface area contributed by atoms with Gasteiger partial charge in [-0.2, -0.15) is 0 Å². The summed E-state index contributed by atoms with van der Waals surface area (Å²) in [6.45, 7) is 4.88. The minimum atomic E-state index is -0.946. The third-order valence-electron chi connectivity index (χ3n) is 6.21. The lowest BCUT2D eigenvalue weighted by Crippen LogP contribution is -2.25. The number of hydrogen-bond acceptors (Lipinski definition) is 6. The molecule has 0 amide bonds. The van der Waals surface area contributed by atoms with Gasteiger partial charge in [-0.15, -0.1) is 0 Å². The Hall–Kier alpha value is -3.13. The van der Waals surface area contributed by atoms with E-state index in [1.165, 1.54) is 6.92 Å². The molecule has 2 unspecified atom stereocenters. The van der Waals surface area contributed by atoms with Crippen LogP contribution in [0.4, 0.5) is 0 Å². The van der Waals surface area contributed by atoms with Gasteiger partial charge in [0.1, 0.15) is 11.3 Å². The van der Waals surface area contributed by atoms with Gasteiger partial charge in [-0.25, -0.2) is 4.98 Å². The van der Waals surface area contributed by atoms with Crippen molar-refractivity contribution in [2.24, 2.45) is 11.8 Å². The largest absolute Gasteiger partial charge is 0.481 e. The fourth-order valence-electron chi connectivity index (χ4n) is 4.18. The Bertz CT molecular complexity index is 1070. The van der Waals surface area contributed by atoms with Gasteiger partial charge in [0.25, 0.3) is 0 Å². The van der Waals surface area contributed by atoms with Crippen LogP contribution >= 0.6 is 0 Å². The maximum absolute atomic E-state index is 11.1. The highest BCUT2D eigenvalue weighted by Crippen LogP contribution is 2.27. The molecule has 2 atom stereocenters. The van der Waals surface area contributed by atoms with Gasteiger partial charge in [0.05, 0.1) is 17.5 Å². The number of aromatic nitrogens is 2. The molecular formula is C25H30N2O6. The molecule has 0 bridgehead atoms. The second-order valence-corrected chi connectivity index (χ2v) is 9.28. The van der Waals surface area contributed by atoms with E-state index in [4.69, 9.17) is 10.2 Å². The predicted octanol–water partition coefficient (Wildman–Crippen LogP) is 2.97. The molecule has 8 nitrogen and oxygen atoms in total. The predicted molar refractivity (Wildman–Crippen MR) is 120 cm³/mol. The normalized spacial score (nSPS) is 19.4. The molecule has 2 aromatic rings. The summed E-state index contributed by atoms with van der Waals surface area (Å²) in [5.74, 6) is -2.14. The summed E-state index contributed by atoms with van der Waals surface area (Å²) in [7, 11) is 0. The Morgan fingerprint density at radius 3 is 1.79 bits per heavy atom. The number of aliphatic hydroxyl groups is 1. The number of Topliss-reactive ketones (excluding diaryl/α,β-unsaturated/α-hetero) is 1. The van der Waals surface area contributed by atoms with Crippen LogP contribution in [0.5, 0.6) is 0 Å². The van der Waals surface area contributed by atoms with E-state index in [1.54, 1.807) is 26.0 Å². The Balaban J connectivity index is 0.000000186. The summed E-state index contributed by atoms with van der Waals surface area (Å²) in [4.78, 5) is 41.6.